The molecule has 9 heteroatoms. The maximum absolute atomic E-state index is 5.79. The number of H-pyrrole nitrogens is 1. The molecule has 0 radical (unpaired) electrons. The van der Waals surface area contributed by atoms with E-state index in [4.69, 9.17) is 14.2 Å². The first-order valence-electron chi connectivity index (χ1n) is 9.76. The molecule has 2 heterocycles. The van der Waals surface area contributed by atoms with Crippen LogP contribution in [0, 0.1) is 0 Å². The first-order valence-corrected chi connectivity index (χ1v) is 9.76. The number of aromatic nitrogens is 2. The van der Waals surface area contributed by atoms with Crippen molar-refractivity contribution in [2.75, 3.05) is 34.0 Å². The maximum atomic E-state index is 5.79. The summed E-state index contributed by atoms with van der Waals surface area (Å²) in [6.07, 6.45) is 1.86. The molecule has 0 spiro atoms. The Kier molecular flexibility index (Phi) is 7.99. The number of guanidine groups is 1. The highest BCUT2D eigenvalue weighted by atomic mass is 127. The molecule has 0 amide bonds. The fourth-order valence-corrected chi connectivity index (χ4v) is 3.19. The molecule has 0 saturated carbocycles. The number of aromatic amines is 1. The molecule has 0 unspecified atom stereocenters. The molecule has 0 saturated heterocycles. The molecule has 0 atom stereocenters. The molecule has 31 heavy (non-hydrogen) atoms. The van der Waals surface area contributed by atoms with Crippen LogP contribution in [0.1, 0.15) is 5.82 Å². The summed E-state index contributed by atoms with van der Waals surface area (Å²) in [6.45, 7) is 1.96. The van der Waals surface area contributed by atoms with Crippen molar-refractivity contribution in [1.29, 1.82) is 0 Å². The average Bonchev–Trinajstić information content (AvgIpc) is 3.43. The van der Waals surface area contributed by atoms with Crippen LogP contribution in [-0.2, 0) is 6.54 Å². The molecule has 0 aliphatic carbocycles. The summed E-state index contributed by atoms with van der Waals surface area (Å²) in [5, 5.41) is 3.30. The molecule has 3 aromatic rings. The summed E-state index contributed by atoms with van der Waals surface area (Å²) in [4.78, 5) is 14.2. The molecule has 4 rings (SSSR count). The number of hydrogen-bond donors (Lipinski definition) is 2. The Balaban J connectivity index is 0.00000272. The second-order valence-electron chi connectivity index (χ2n) is 6.80. The number of aliphatic imine (C=N–C) groups is 1. The van der Waals surface area contributed by atoms with Crippen molar-refractivity contribution in [2.45, 2.75) is 6.54 Å². The van der Waals surface area contributed by atoms with Crippen LogP contribution >= 0.6 is 24.0 Å². The first-order chi connectivity index (χ1) is 14.7. The largest absolute Gasteiger partial charge is 0.492 e. The van der Waals surface area contributed by atoms with Crippen LogP contribution in [0.2, 0.25) is 0 Å². The number of benzene rings is 2. The monoisotopic (exact) mass is 535 g/mol. The molecular formula is C22H26IN5O3. The second-order valence-corrected chi connectivity index (χ2v) is 6.80. The zero-order valence-corrected chi connectivity index (χ0v) is 19.8. The van der Waals surface area contributed by atoms with Gasteiger partial charge >= 0.3 is 0 Å². The van der Waals surface area contributed by atoms with Gasteiger partial charge < -0.3 is 29.4 Å². The van der Waals surface area contributed by atoms with Gasteiger partial charge in [0.15, 0.2) is 17.5 Å². The van der Waals surface area contributed by atoms with Crippen molar-refractivity contribution >= 4 is 29.9 Å². The van der Waals surface area contributed by atoms with Crippen molar-refractivity contribution in [2.24, 2.45) is 4.99 Å². The fraction of sp³-hybridized carbons (Fsp3) is 0.273. The predicted molar refractivity (Wildman–Crippen MR) is 130 cm³/mol. The van der Waals surface area contributed by atoms with E-state index in [-0.39, 0.29) is 30.8 Å². The van der Waals surface area contributed by atoms with Gasteiger partial charge in [-0.05, 0) is 17.7 Å². The number of imidazole rings is 1. The number of nitrogens with zero attached hydrogens (tertiary/aromatic N) is 3. The molecule has 2 N–H and O–H groups in total. The number of halogens is 1. The van der Waals surface area contributed by atoms with E-state index in [1.54, 1.807) is 7.05 Å². The van der Waals surface area contributed by atoms with Crippen LogP contribution in [0.4, 0.5) is 0 Å². The van der Waals surface area contributed by atoms with Crippen LogP contribution in [-0.4, -0.2) is 54.9 Å². The number of fused-ring (bicyclic) bond motifs is 1. The zero-order chi connectivity index (χ0) is 20.8. The Morgan fingerprint density at radius 2 is 2.00 bits per heavy atom. The second kappa shape index (κ2) is 10.9. The highest BCUT2D eigenvalue weighted by Gasteiger charge is 2.14. The smallest absolute Gasteiger partial charge is 0.231 e. The highest BCUT2D eigenvalue weighted by Crippen LogP contribution is 2.34. The summed E-state index contributed by atoms with van der Waals surface area (Å²) < 4.78 is 16.5. The molecule has 2 aromatic carbocycles. The van der Waals surface area contributed by atoms with Gasteiger partial charge in [-0.25, -0.2) is 4.98 Å². The molecule has 1 aliphatic rings. The minimum absolute atomic E-state index is 0. The fourth-order valence-electron chi connectivity index (χ4n) is 3.19. The van der Waals surface area contributed by atoms with Crippen LogP contribution in [0.5, 0.6) is 17.2 Å². The van der Waals surface area contributed by atoms with Crippen molar-refractivity contribution in [3.05, 3.63) is 60.6 Å². The van der Waals surface area contributed by atoms with Gasteiger partial charge in [0.2, 0.25) is 6.79 Å². The van der Waals surface area contributed by atoms with Crippen LogP contribution in [0.25, 0.3) is 11.3 Å². The van der Waals surface area contributed by atoms with Gasteiger partial charge in [-0.3, -0.25) is 4.99 Å². The standard InChI is InChI=1S/C22H25N5O3.HI/c1-23-22(24-10-11-28-17-8-9-19-20(12-17)30-15-29-19)27(2)14-21-25-13-18(26-21)16-6-4-3-5-7-16;/h3-9,12-13H,10-11,14-15H2,1-2H3,(H,23,24)(H,25,26);1H. The van der Waals surface area contributed by atoms with Crippen LogP contribution in [0.3, 0.4) is 0 Å². The summed E-state index contributed by atoms with van der Waals surface area (Å²) >= 11 is 0. The molecule has 1 aromatic heterocycles. The quantitative estimate of drug-likeness (QED) is 0.209. The van der Waals surface area contributed by atoms with Crippen LogP contribution < -0.4 is 19.5 Å². The third-order valence-corrected chi connectivity index (χ3v) is 4.67. The SMILES string of the molecule is CN=C(NCCOc1ccc2c(c1)OCO2)N(C)Cc1ncc(-c2ccccc2)[nH]1.I. The Morgan fingerprint density at radius 3 is 2.81 bits per heavy atom. The molecule has 8 nitrogen and oxygen atoms in total. The van der Waals surface area contributed by atoms with Gasteiger partial charge in [0.1, 0.15) is 18.2 Å². The third kappa shape index (κ3) is 5.81. The Morgan fingerprint density at radius 1 is 1.19 bits per heavy atom. The van der Waals surface area contributed by atoms with E-state index in [1.165, 1.54) is 0 Å². The van der Waals surface area contributed by atoms with Gasteiger partial charge in [0.25, 0.3) is 0 Å². The van der Waals surface area contributed by atoms with Crippen molar-refractivity contribution in [1.82, 2.24) is 20.2 Å². The maximum Gasteiger partial charge on any atom is 0.231 e. The summed E-state index contributed by atoms with van der Waals surface area (Å²) in [7, 11) is 3.73. The third-order valence-electron chi connectivity index (χ3n) is 4.67. The lowest BCUT2D eigenvalue weighted by Gasteiger charge is -2.21. The van der Waals surface area contributed by atoms with E-state index in [1.807, 2.05) is 54.5 Å². The number of nitrogens with one attached hydrogen (secondary N) is 2. The minimum atomic E-state index is 0. The summed E-state index contributed by atoms with van der Waals surface area (Å²) in [5.74, 6) is 3.84. The highest BCUT2D eigenvalue weighted by molar-refractivity contribution is 14.0. The first kappa shape index (κ1) is 22.7. The van der Waals surface area contributed by atoms with Gasteiger partial charge in [0, 0.05) is 20.2 Å². The van der Waals surface area contributed by atoms with E-state index in [0.29, 0.717) is 25.4 Å². The van der Waals surface area contributed by atoms with Gasteiger partial charge in [0.05, 0.1) is 25.0 Å². The Labute approximate surface area is 198 Å². The predicted octanol–water partition coefficient (Wildman–Crippen LogP) is 3.51. The van der Waals surface area contributed by atoms with Crippen molar-refractivity contribution in [3.63, 3.8) is 0 Å². The average molecular weight is 535 g/mol. The zero-order valence-electron chi connectivity index (χ0n) is 17.5. The molecule has 1 aliphatic heterocycles. The molecule has 0 bridgehead atoms. The lowest BCUT2D eigenvalue weighted by molar-refractivity contribution is 0.173. The van der Waals surface area contributed by atoms with Gasteiger partial charge in [-0.1, -0.05) is 30.3 Å². The molecular weight excluding hydrogens is 509 g/mol. The normalized spacial score (nSPS) is 12.3. The minimum Gasteiger partial charge on any atom is -0.492 e. The summed E-state index contributed by atoms with van der Waals surface area (Å²) in [5.41, 5.74) is 2.11. The Bertz CT molecular complexity index is 1010. The van der Waals surface area contributed by atoms with Crippen molar-refractivity contribution in [3.8, 4) is 28.5 Å². The van der Waals surface area contributed by atoms with E-state index in [9.17, 15) is 0 Å². The van der Waals surface area contributed by atoms with E-state index in [0.717, 1.165) is 34.5 Å². The van der Waals surface area contributed by atoms with Crippen LogP contribution in [0.15, 0.2) is 59.7 Å². The molecule has 164 valence electrons. The lowest BCUT2D eigenvalue weighted by Crippen LogP contribution is -2.40. The molecule has 0 fully saturated rings. The van der Waals surface area contributed by atoms with E-state index < -0.39 is 0 Å². The van der Waals surface area contributed by atoms with Gasteiger partial charge in [-0.15, -0.1) is 24.0 Å². The number of rotatable bonds is 7. The lowest BCUT2D eigenvalue weighted by atomic mass is 10.2. The van der Waals surface area contributed by atoms with E-state index >= 15 is 0 Å². The Hall–Kier alpha value is -2.95. The number of hydrogen-bond acceptors (Lipinski definition) is 5. The van der Waals surface area contributed by atoms with Gasteiger partial charge in [-0.2, -0.15) is 0 Å². The van der Waals surface area contributed by atoms with Crippen molar-refractivity contribution < 1.29 is 14.2 Å². The number of ether oxygens (including phenoxy) is 3. The summed E-state index contributed by atoms with van der Waals surface area (Å²) in [6, 6.07) is 15.7. The topological polar surface area (TPSA) is 84.0 Å². The van der Waals surface area contributed by atoms with E-state index in [2.05, 4.69) is 32.4 Å².